The van der Waals surface area contributed by atoms with Gasteiger partial charge in [-0.3, -0.25) is 0 Å². The Labute approximate surface area is 139 Å². The van der Waals surface area contributed by atoms with E-state index in [1.165, 1.54) is 27.7 Å². The molecule has 0 aliphatic rings. The van der Waals surface area contributed by atoms with Gasteiger partial charge in [-0.1, -0.05) is 62.4 Å². The number of hydrogen-bond acceptors (Lipinski definition) is 1. The molecule has 3 aromatic rings. The van der Waals surface area contributed by atoms with Crippen LogP contribution in [0, 0.1) is 6.92 Å². The fourth-order valence-electron chi connectivity index (χ4n) is 3.47. The Morgan fingerprint density at radius 2 is 1.52 bits per heavy atom. The van der Waals surface area contributed by atoms with Crippen LogP contribution in [0.4, 0.5) is 0 Å². The van der Waals surface area contributed by atoms with Crippen molar-refractivity contribution in [2.45, 2.75) is 27.3 Å². The smallest absolute Gasteiger partial charge is 0.0489 e. The number of nitrogens with zero attached hydrogens (tertiary/aromatic N) is 2. The molecular weight excluding hydrogens is 280 g/mol. The van der Waals surface area contributed by atoms with Crippen LogP contribution in [0.15, 0.2) is 54.6 Å². The molecule has 1 aromatic heterocycles. The molecule has 0 spiro atoms. The highest BCUT2D eigenvalue weighted by Gasteiger charge is 2.15. The summed E-state index contributed by atoms with van der Waals surface area (Å²) in [6.07, 6.45) is 0. The SMILES string of the molecule is CCN(CC)CCn1c(C)c(-c2ccccc2)c2ccccc21. The van der Waals surface area contributed by atoms with Gasteiger partial charge in [0.1, 0.15) is 0 Å². The van der Waals surface area contributed by atoms with Crippen molar-refractivity contribution in [3.63, 3.8) is 0 Å². The van der Waals surface area contributed by atoms with Crippen molar-refractivity contribution < 1.29 is 0 Å². The molecule has 3 rings (SSSR count). The fourth-order valence-corrected chi connectivity index (χ4v) is 3.47. The molecule has 1 heterocycles. The second kappa shape index (κ2) is 7.01. The van der Waals surface area contributed by atoms with E-state index in [0.29, 0.717) is 0 Å². The van der Waals surface area contributed by atoms with Gasteiger partial charge in [-0.05, 0) is 31.6 Å². The molecule has 23 heavy (non-hydrogen) atoms. The van der Waals surface area contributed by atoms with Crippen LogP contribution in [0.2, 0.25) is 0 Å². The van der Waals surface area contributed by atoms with Gasteiger partial charge in [-0.25, -0.2) is 0 Å². The maximum atomic E-state index is 2.48. The van der Waals surface area contributed by atoms with Crippen molar-refractivity contribution in [1.29, 1.82) is 0 Å². The van der Waals surface area contributed by atoms with E-state index in [1.54, 1.807) is 0 Å². The quantitative estimate of drug-likeness (QED) is 0.625. The van der Waals surface area contributed by atoms with E-state index >= 15 is 0 Å². The molecule has 2 nitrogen and oxygen atoms in total. The molecule has 0 saturated heterocycles. The third-order valence-electron chi connectivity index (χ3n) is 4.83. The first-order valence-electron chi connectivity index (χ1n) is 8.61. The molecule has 2 heteroatoms. The van der Waals surface area contributed by atoms with Gasteiger partial charge in [-0.2, -0.15) is 0 Å². The van der Waals surface area contributed by atoms with E-state index in [-0.39, 0.29) is 0 Å². The Bertz CT molecular complexity index is 767. The third-order valence-corrected chi connectivity index (χ3v) is 4.83. The first-order chi connectivity index (χ1) is 11.3. The number of benzene rings is 2. The summed E-state index contributed by atoms with van der Waals surface area (Å²) in [5.41, 5.74) is 5.39. The number of likely N-dealkylation sites (N-methyl/N-ethyl adjacent to an activating group) is 1. The second-order valence-electron chi connectivity index (χ2n) is 6.02. The van der Waals surface area contributed by atoms with Crippen LogP contribution in [-0.2, 0) is 6.54 Å². The summed E-state index contributed by atoms with van der Waals surface area (Å²) in [4.78, 5) is 2.48. The number of aromatic nitrogens is 1. The minimum Gasteiger partial charge on any atom is -0.343 e. The molecule has 0 atom stereocenters. The van der Waals surface area contributed by atoms with E-state index in [1.807, 2.05) is 0 Å². The monoisotopic (exact) mass is 306 g/mol. The lowest BCUT2D eigenvalue weighted by molar-refractivity contribution is 0.291. The molecule has 0 aliphatic heterocycles. The average molecular weight is 306 g/mol. The van der Waals surface area contributed by atoms with E-state index < -0.39 is 0 Å². The van der Waals surface area contributed by atoms with Gasteiger partial charge in [0.25, 0.3) is 0 Å². The van der Waals surface area contributed by atoms with Crippen molar-refractivity contribution in [3.05, 3.63) is 60.3 Å². The topological polar surface area (TPSA) is 8.17 Å². The van der Waals surface area contributed by atoms with Crippen molar-refractivity contribution >= 4 is 10.9 Å². The van der Waals surface area contributed by atoms with E-state index in [4.69, 9.17) is 0 Å². The highest BCUT2D eigenvalue weighted by Crippen LogP contribution is 2.34. The van der Waals surface area contributed by atoms with Gasteiger partial charge >= 0.3 is 0 Å². The zero-order valence-corrected chi connectivity index (χ0v) is 14.4. The highest BCUT2D eigenvalue weighted by molar-refractivity contribution is 5.98. The molecule has 0 saturated carbocycles. The Morgan fingerprint density at radius 3 is 2.22 bits per heavy atom. The standard InChI is InChI=1S/C21H26N2/c1-4-22(5-2)15-16-23-17(3)21(18-11-7-6-8-12-18)19-13-9-10-14-20(19)23/h6-14H,4-5,15-16H2,1-3H3. The molecule has 120 valence electrons. The van der Waals surface area contributed by atoms with Gasteiger partial charge in [-0.15, -0.1) is 0 Å². The minimum absolute atomic E-state index is 1.04. The van der Waals surface area contributed by atoms with Crippen molar-refractivity contribution in [3.8, 4) is 11.1 Å². The summed E-state index contributed by atoms with van der Waals surface area (Å²) in [7, 11) is 0. The predicted octanol–water partition coefficient (Wildman–Crippen LogP) is 4.96. The van der Waals surface area contributed by atoms with Gasteiger partial charge in [0.15, 0.2) is 0 Å². The van der Waals surface area contributed by atoms with Gasteiger partial charge in [0.05, 0.1) is 0 Å². The van der Waals surface area contributed by atoms with E-state index in [0.717, 1.165) is 26.2 Å². The number of rotatable bonds is 6. The number of para-hydroxylation sites is 1. The summed E-state index contributed by atoms with van der Waals surface area (Å²) < 4.78 is 2.48. The molecule has 2 aromatic carbocycles. The van der Waals surface area contributed by atoms with Crippen LogP contribution in [0.3, 0.4) is 0 Å². The van der Waals surface area contributed by atoms with Gasteiger partial charge in [0, 0.05) is 35.2 Å². The second-order valence-corrected chi connectivity index (χ2v) is 6.02. The number of fused-ring (bicyclic) bond motifs is 1. The maximum Gasteiger partial charge on any atom is 0.0489 e. The van der Waals surface area contributed by atoms with Crippen LogP contribution in [-0.4, -0.2) is 29.1 Å². The molecule has 0 bridgehead atoms. The summed E-state index contributed by atoms with van der Waals surface area (Å²) >= 11 is 0. The number of hydrogen-bond donors (Lipinski definition) is 0. The fraction of sp³-hybridized carbons (Fsp3) is 0.333. The van der Waals surface area contributed by atoms with Crippen LogP contribution < -0.4 is 0 Å². The predicted molar refractivity (Wildman–Crippen MR) is 99.9 cm³/mol. The average Bonchev–Trinajstić information content (AvgIpc) is 2.88. The molecule has 0 unspecified atom stereocenters. The lowest BCUT2D eigenvalue weighted by atomic mass is 10.0. The summed E-state index contributed by atoms with van der Waals surface area (Å²) in [6.45, 7) is 11.1. The highest BCUT2D eigenvalue weighted by atomic mass is 15.1. The summed E-state index contributed by atoms with van der Waals surface area (Å²) in [6, 6.07) is 19.5. The van der Waals surface area contributed by atoms with Crippen LogP contribution in [0.25, 0.3) is 22.0 Å². The Kier molecular flexibility index (Phi) is 4.82. The molecule has 0 amide bonds. The summed E-state index contributed by atoms with van der Waals surface area (Å²) in [5, 5.41) is 1.36. The van der Waals surface area contributed by atoms with Crippen LogP contribution in [0.5, 0.6) is 0 Å². The van der Waals surface area contributed by atoms with Crippen molar-refractivity contribution in [1.82, 2.24) is 9.47 Å². The van der Waals surface area contributed by atoms with Gasteiger partial charge < -0.3 is 9.47 Å². The Morgan fingerprint density at radius 1 is 0.870 bits per heavy atom. The summed E-state index contributed by atoms with van der Waals surface area (Å²) in [5.74, 6) is 0. The Hall–Kier alpha value is -2.06. The lowest BCUT2D eigenvalue weighted by Gasteiger charge is -2.19. The van der Waals surface area contributed by atoms with E-state index in [2.05, 4.69) is 84.8 Å². The molecule has 0 fully saturated rings. The van der Waals surface area contributed by atoms with E-state index in [9.17, 15) is 0 Å². The van der Waals surface area contributed by atoms with Crippen LogP contribution >= 0.6 is 0 Å². The first-order valence-corrected chi connectivity index (χ1v) is 8.61. The first kappa shape index (κ1) is 15.8. The largest absolute Gasteiger partial charge is 0.343 e. The zero-order valence-electron chi connectivity index (χ0n) is 14.4. The van der Waals surface area contributed by atoms with Crippen molar-refractivity contribution in [2.24, 2.45) is 0 Å². The van der Waals surface area contributed by atoms with Crippen LogP contribution in [0.1, 0.15) is 19.5 Å². The normalized spacial score (nSPS) is 11.5. The maximum absolute atomic E-state index is 2.48. The Balaban J connectivity index is 2.07. The molecular formula is C21H26N2. The third kappa shape index (κ3) is 3.04. The zero-order chi connectivity index (χ0) is 16.2. The van der Waals surface area contributed by atoms with Gasteiger partial charge in [0.2, 0.25) is 0 Å². The molecule has 0 radical (unpaired) electrons. The molecule has 0 aliphatic carbocycles. The minimum atomic E-state index is 1.04. The van der Waals surface area contributed by atoms with Crippen molar-refractivity contribution in [2.75, 3.05) is 19.6 Å². The molecule has 0 N–H and O–H groups in total. The lowest BCUT2D eigenvalue weighted by Crippen LogP contribution is -2.27.